The highest BCUT2D eigenvalue weighted by atomic mass is 16.5. The van der Waals surface area contributed by atoms with Gasteiger partial charge in [-0.1, -0.05) is 5.16 Å². The van der Waals surface area contributed by atoms with Gasteiger partial charge in [0.15, 0.2) is 5.69 Å². The van der Waals surface area contributed by atoms with Crippen LogP contribution < -0.4 is 4.90 Å². The number of carbonyl (C=O) groups is 1. The summed E-state index contributed by atoms with van der Waals surface area (Å²) >= 11 is 0. The molecule has 1 spiro atoms. The monoisotopic (exact) mass is 352 g/mol. The molecule has 1 N–H and O–H groups in total. The van der Waals surface area contributed by atoms with Crippen molar-refractivity contribution >= 4 is 22.8 Å². The molecule has 1 aliphatic carbocycles. The van der Waals surface area contributed by atoms with E-state index in [1.165, 1.54) is 0 Å². The molecule has 8 nitrogen and oxygen atoms in total. The van der Waals surface area contributed by atoms with Gasteiger partial charge in [-0.15, -0.1) is 0 Å². The topological polar surface area (TPSA) is 91.2 Å². The summed E-state index contributed by atoms with van der Waals surface area (Å²) in [4.78, 5) is 29.2. The predicted octanol–water partition coefficient (Wildman–Crippen LogP) is 2.14. The number of fused-ring (bicyclic) bond motifs is 1. The maximum Gasteiger partial charge on any atom is 0.276 e. The molecule has 1 saturated heterocycles. The lowest BCUT2D eigenvalue weighted by molar-refractivity contribution is 0.0659. The van der Waals surface area contributed by atoms with Gasteiger partial charge in [0.2, 0.25) is 0 Å². The van der Waals surface area contributed by atoms with Crippen molar-refractivity contribution in [3.8, 4) is 0 Å². The summed E-state index contributed by atoms with van der Waals surface area (Å²) in [6, 6.07) is 3.73. The van der Waals surface area contributed by atoms with Crippen LogP contribution in [0.1, 0.15) is 35.5 Å². The fourth-order valence-electron chi connectivity index (χ4n) is 3.96. The molecule has 1 amide bonds. The zero-order valence-electron chi connectivity index (χ0n) is 14.6. The average Bonchev–Trinajstić information content (AvgIpc) is 3.09. The lowest BCUT2D eigenvalue weighted by Crippen LogP contribution is -2.47. The molecule has 2 fully saturated rings. The van der Waals surface area contributed by atoms with E-state index in [2.05, 4.69) is 25.0 Å². The van der Waals surface area contributed by atoms with Crippen LogP contribution in [0.3, 0.4) is 0 Å². The highest BCUT2D eigenvalue weighted by Gasteiger charge is 2.52. The van der Waals surface area contributed by atoms with E-state index in [1.807, 2.05) is 17.2 Å². The number of aryl methyl sites for hydroxylation is 1. The van der Waals surface area contributed by atoms with Gasteiger partial charge in [-0.25, -0.2) is 9.97 Å². The second kappa shape index (κ2) is 5.55. The van der Waals surface area contributed by atoms with Crippen molar-refractivity contribution in [1.82, 2.24) is 25.0 Å². The molecule has 26 heavy (non-hydrogen) atoms. The van der Waals surface area contributed by atoms with Crippen molar-refractivity contribution in [2.24, 2.45) is 0 Å². The molecule has 1 aliphatic heterocycles. The first kappa shape index (κ1) is 15.4. The van der Waals surface area contributed by atoms with Crippen molar-refractivity contribution < 1.29 is 9.32 Å². The molecule has 0 aromatic carbocycles. The van der Waals surface area contributed by atoms with Gasteiger partial charge >= 0.3 is 0 Å². The Morgan fingerprint density at radius 3 is 2.96 bits per heavy atom. The van der Waals surface area contributed by atoms with Crippen LogP contribution in [0.15, 0.2) is 29.2 Å². The third-order valence-electron chi connectivity index (χ3n) is 5.42. The summed E-state index contributed by atoms with van der Waals surface area (Å²) in [6.07, 6.45) is 6.39. The Labute approximate surface area is 150 Å². The molecule has 0 atom stereocenters. The maximum absolute atomic E-state index is 13.0. The minimum atomic E-state index is -0.131. The highest BCUT2D eigenvalue weighted by molar-refractivity contribution is 5.93. The zero-order valence-corrected chi connectivity index (χ0v) is 14.6. The first-order valence-corrected chi connectivity index (χ1v) is 8.95. The Bertz CT molecular complexity index is 973. The molecule has 1 saturated carbocycles. The quantitative estimate of drug-likeness (QED) is 0.760. The molecule has 134 valence electrons. The smallest absolute Gasteiger partial charge is 0.276 e. The number of aromatic nitrogens is 4. The fraction of sp³-hybridized carbons (Fsp3) is 0.444. The number of H-pyrrole nitrogens is 1. The molecule has 3 aromatic rings. The van der Waals surface area contributed by atoms with E-state index in [9.17, 15) is 4.79 Å². The van der Waals surface area contributed by atoms with Crippen LogP contribution in [0.5, 0.6) is 0 Å². The van der Waals surface area contributed by atoms with E-state index in [-0.39, 0.29) is 11.4 Å². The van der Waals surface area contributed by atoms with Gasteiger partial charge < -0.3 is 19.3 Å². The summed E-state index contributed by atoms with van der Waals surface area (Å²) in [6.45, 7) is 4.17. The van der Waals surface area contributed by atoms with Crippen LogP contribution in [0.25, 0.3) is 11.0 Å². The van der Waals surface area contributed by atoms with Crippen molar-refractivity contribution in [3.63, 3.8) is 0 Å². The van der Waals surface area contributed by atoms with E-state index in [4.69, 9.17) is 4.52 Å². The number of carbonyl (C=O) groups excluding carboxylic acids is 1. The standard InChI is InChI=1S/C18H20N6O2/c1-12-9-14(22-26-12)17(25)24-8-2-7-23(10-18(24)4-5-18)16-13-3-6-19-15(13)20-11-21-16/h3,6,9,11H,2,4-5,7-8,10H2,1H3,(H,19,20,21). The Balaban J connectivity index is 1.46. The summed E-state index contributed by atoms with van der Waals surface area (Å²) < 4.78 is 5.10. The SMILES string of the molecule is Cc1cc(C(=O)N2CCCN(c3ncnc4[nH]ccc34)CC23CC3)no1. The van der Waals surface area contributed by atoms with Crippen LogP contribution >= 0.6 is 0 Å². The minimum absolute atomic E-state index is 0.0318. The molecule has 0 unspecified atom stereocenters. The highest BCUT2D eigenvalue weighted by Crippen LogP contribution is 2.45. The molecular weight excluding hydrogens is 332 g/mol. The van der Waals surface area contributed by atoms with E-state index in [1.54, 1.807) is 19.3 Å². The van der Waals surface area contributed by atoms with Gasteiger partial charge in [-0.2, -0.15) is 0 Å². The van der Waals surface area contributed by atoms with E-state index < -0.39 is 0 Å². The zero-order chi connectivity index (χ0) is 17.7. The van der Waals surface area contributed by atoms with Crippen molar-refractivity contribution in [3.05, 3.63) is 36.1 Å². The Hall–Kier alpha value is -2.90. The van der Waals surface area contributed by atoms with E-state index in [0.29, 0.717) is 11.5 Å². The molecule has 2 aliphatic rings. The second-order valence-corrected chi connectivity index (χ2v) is 7.22. The van der Waals surface area contributed by atoms with Crippen LogP contribution in [0.4, 0.5) is 5.82 Å². The lowest BCUT2D eigenvalue weighted by atomic mass is 10.2. The first-order valence-electron chi connectivity index (χ1n) is 8.95. The van der Waals surface area contributed by atoms with Crippen LogP contribution in [0.2, 0.25) is 0 Å². The Morgan fingerprint density at radius 2 is 2.19 bits per heavy atom. The maximum atomic E-state index is 13.0. The largest absolute Gasteiger partial charge is 0.361 e. The number of hydrogen-bond donors (Lipinski definition) is 1. The minimum Gasteiger partial charge on any atom is -0.361 e. The lowest BCUT2D eigenvalue weighted by Gasteiger charge is -2.32. The average molecular weight is 352 g/mol. The number of amides is 1. The van der Waals surface area contributed by atoms with Gasteiger partial charge in [0, 0.05) is 31.9 Å². The van der Waals surface area contributed by atoms with E-state index >= 15 is 0 Å². The summed E-state index contributed by atoms with van der Waals surface area (Å²) in [5.41, 5.74) is 1.11. The van der Waals surface area contributed by atoms with Crippen molar-refractivity contribution in [2.45, 2.75) is 31.7 Å². The molecule has 0 radical (unpaired) electrons. The Kier molecular flexibility index (Phi) is 3.28. The summed E-state index contributed by atoms with van der Waals surface area (Å²) in [7, 11) is 0. The molecule has 5 rings (SSSR count). The Morgan fingerprint density at radius 1 is 1.31 bits per heavy atom. The number of nitrogens with one attached hydrogen (secondary N) is 1. The number of rotatable bonds is 2. The van der Waals surface area contributed by atoms with E-state index in [0.717, 1.165) is 55.7 Å². The molecular formula is C18H20N6O2. The number of aromatic amines is 1. The second-order valence-electron chi connectivity index (χ2n) is 7.22. The molecule has 4 heterocycles. The molecule has 8 heteroatoms. The van der Waals surface area contributed by atoms with Gasteiger partial charge in [-0.05, 0) is 32.3 Å². The first-order chi connectivity index (χ1) is 12.7. The third kappa shape index (κ3) is 2.36. The van der Waals surface area contributed by atoms with Crippen molar-refractivity contribution in [1.29, 1.82) is 0 Å². The van der Waals surface area contributed by atoms with Crippen LogP contribution in [-0.4, -0.2) is 56.1 Å². The number of hydrogen-bond acceptors (Lipinski definition) is 6. The normalized spacial score (nSPS) is 19.1. The predicted molar refractivity (Wildman–Crippen MR) is 95.0 cm³/mol. The molecule has 0 bridgehead atoms. The van der Waals surface area contributed by atoms with Gasteiger partial charge in [0.25, 0.3) is 5.91 Å². The number of anilines is 1. The number of nitrogens with zero attached hydrogens (tertiary/aromatic N) is 5. The van der Waals surface area contributed by atoms with Crippen molar-refractivity contribution in [2.75, 3.05) is 24.5 Å². The van der Waals surface area contributed by atoms with Crippen LogP contribution in [-0.2, 0) is 0 Å². The summed E-state index contributed by atoms with van der Waals surface area (Å²) in [5.74, 6) is 1.57. The molecule has 3 aromatic heterocycles. The van der Waals surface area contributed by atoms with Gasteiger partial charge in [0.1, 0.15) is 23.6 Å². The van der Waals surface area contributed by atoms with Gasteiger partial charge in [0.05, 0.1) is 10.9 Å². The van der Waals surface area contributed by atoms with Gasteiger partial charge in [-0.3, -0.25) is 4.79 Å². The third-order valence-corrected chi connectivity index (χ3v) is 5.42. The van der Waals surface area contributed by atoms with Crippen LogP contribution in [0, 0.1) is 6.92 Å². The summed E-state index contributed by atoms with van der Waals surface area (Å²) in [5, 5.41) is 4.94. The fourth-order valence-corrected chi connectivity index (χ4v) is 3.96.